The number of rotatable bonds is 6. The molecule has 0 aliphatic heterocycles. The molecule has 3 heteroatoms. The standard InChI is InChI=1S/C10H16N2O/c1-2-5-11-8-9-13-10-3-6-12-7-4-10/h3-4,6-7,11H,2,5,8-9H2,1H3. The van der Waals surface area contributed by atoms with Crippen LogP contribution in [0.15, 0.2) is 24.5 Å². The van der Waals surface area contributed by atoms with E-state index in [4.69, 9.17) is 4.74 Å². The van der Waals surface area contributed by atoms with Crippen molar-refractivity contribution in [2.75, 3.05) is 19.7 Å². The van der Waals surface area contributed by atoms with Gasteiger partial charge in [-0.25, -0.2) is 0 Å². The van der Waals surface area contributed by atoms with E-state index < -0.39 is 0 Å². The predicted molar refractivity (Wildman–Crippen MR) is 52.9 cm³/mol. The van der Waals surface area contributed by atoms with Gasteiger partial charge in [-0.15, -0.1) is 0 Å². The Morgan fingerprint density at radius 1 is 1.31 bits per heavy atom. The Morgan fingerprint density at radius 2 is 2.08 bits per heavy atom. The van der Waals surface area contributed by atoms with E-state index >= 15 is 0 Å². The Morgan fingerprint density at radius 3 is 2.77 bits per heavy atom. The van der Waals surface area contributed by atoms with Gasteiger partial charge in [-0.05, 0) is 25.1 Å². The van der Waals surface area contributed by atoms with Gasteiger partial charge in [0.2, 0.25) is 0 Å². The molecule has 0 fully saturated rings. The molecule has 1 N–H and O–H groups in total. The van der Waals surface area contributed by atoms with Crippen LogP contribution in [0.1, 0.15) is 13.3 Å². The molecule has 0 atom stereocenters. The van der Waals surface area contributed by atoms with Crippen molar-refractivity contribution in [3.63, 3.8) is 0 Å². The number of hydrogen-bond acceptors (Lipinski definition) is 3. The molecule has 0 aromatic carbocycles. The third-order valence-corrected chi connectivity index (χ3v) is 1.62. The molecule has 0 spiro atoms. The summed E-state index contributed by atoms with van der Waals surface area (Å²) in [5, 5.41) is 3.26. The molecule has 1 heterocycles. The maximum absolute atomic E-state index is 5.45. The number of pyridine rings is 1. The molecule has 1 rings (SSSR count). The largest absolute Gasteiger partial charge is 0.492 e. The normalized spacial score (nSPS) is 9.92. The second kappa shape index (κ2) is 6.43. The summed E-state index contributed by atoms with van der Waals surface area (Å²) in [6, 6.07) is 3.72. The molecule has 0 unspecified atom stereocenters. The van der Waals surface area contributed by atoms with Gasteiger partial charge in [0.1, 0.15) is 12.4 Å². The van der Waals surface area contributed by atoms with E-state index in [2.05, 4.69) is 17.2 Å². The maximum atomic E-state index is 5.45. The van der Waals surface area contributed by atoms with Crippen LogP contribution in [0.4, 0.5) is 0 Å². The molecule has 0 radical (unpaired) electrons. The second-order valence-corrected chi connectivity index (χ2v) is 2.78. The number of nitrogens with zero attached hydrogens (tertiary/aromatic N) is 1. The van der Waals surface area contributed by atoms with Crippen LogP contribution >= 0.6 is 0 Å². The Hall–Kier alpha value is -1.09. The zero-order chi connectivity index (χ0) is 9.36. The van der Waals surface area contributed by atoms with Gasteiger partial charge in [0.15, 0.2) is 0 Å². The average Bonchev–Trinajstić information content (AvgIpc) is 2.19. The number of aromatic nitrogens is 1. The third kappa shape index (κ3) is 4.48. The SMILES string of the molecule is CCCNCCOc1ccncc1. The van der Waals surface area contributed by atoms with E-state index in [1.54, 1.807) is 12.4 Å². The summed E-state index contributed by atoms with van der Waals surface area (Å²) in [6.07, 6.45) is 4.62. The van der Waals surface area contributed by atoms with Crippen molar-refractivity contribution >= 4 is 0 Å². The number of hydrogen-bond donors (Lipinski definition) is 1. The predicted octanol–water partition coefficient (Wildman–Crippen LogP) is 1.46. The van der Waals surface area contributed by atoms with E-state index in [0.717, 1.165) is 25.3 Å². The highest BCUT2D eigenvalue weighted by Gasteiger charge is 1.90. The minimum Gasteiger partial charge on any atom is -0.492 e. The minimum absolute atomic E-state index is 0.712. The lowest BCUT2D eigenvalue weighted by Crippen LogP contribution is -2.21. The summed E-state index contributed by atoms with van der Waals surface area (Å²) in [4.78, 5) is 3.91. The van der Waals surface area contributed by atoms with Crippen LogP contribution in [0.25, 0.3) is 0 Å². The van der Waals surface area contributed by atoms with Crippen molar-refractivity contribution in [2.24, 2.45) is 0 Å². The van der Waals surface area contributed by atoms with Crippen LogP contribution in [-0.4, -0.2) is 24.7 Å². The van der Waals surface area contributed by atoms with E-state index in [-0.39, 0.29) is 0 Å². The molecule has 0 amide bonds. The molecule has 13 heavy (non-hydrogen) atoms. The summed E-state index contributed by atoms with van der Waals surface area (Å²) in [6.45, 7) is 4.82. The van der Waals surface area contributed by atoms with Crippen LogP contribution in [0, 0.1) is 0 Å². The molecule has 3 nitrogen and oxygen atoms in total. The highest BCUT2D eigenvalue weighted by molar-refractivity contribution is 5.16. The highest BCUT2D eigenvalue weighted by atomic mass is 16.5. The molecule has 1 aromatic rings. The lowest BCUT2D eigenvalue weighted by atomic mass is 10.4. The topological polar surface area (TPSA) is 34.1 Å². The third-order valence-electron chi connectivity index (χ3n) is 1.62. The summed E-state index contributed by atoms with van der Waals surface area (Å²) in [7, 11) is 0. The molecule has 0 saturated carbocycles. The zero-order valence-corrected chi connectivity index (χ0v) is 7.99. The number of nitrogens with one attached hydrogen (secondary N) is 1. The van der Waals surface area contributed by atoms with Gasteiger partial charge in [-0.1, -0.05) is 6.92 Å². The molecule has 0 aliphatic rings. The molecule has 0 bridgehead atoms. The van der Waals surface area contributed by atoms with Crippen LogP contribution in [-0.2, 0) is 0 Å². The van der Waals surface area contributed by atoms with Crippen LogP contribution < -0.4 is 10.1 Å². The average molecular weight is 180 g/mol. The monoisotopic (exact) mass is 180 g/mol. The van der Waals surface area contributed by atoms with Gasteiger partial charge in [-0.2, -0.15) is 0 Å². The first-order valence-corrected chi connectivity index (χ1v) is 4.67. The van der Waals surface area contributed by atoms with Crippen LogP contribution in [0.3, 0.4) is 0 Å². The van der Waals surface area contributed by atoms with Gasteiger partial charge >= 0.3 is 0 Å². The van der Waals surface area contributed by atoms with E-state index in [1.165, 1.54) is 0 Å². The van der Waals surface area contributed by atoms with Crippen molar-refractivity contribution in [1.82, 2.24) is 10.3 Å². The minimum atomic E-state index is 0.712. The first kappa shape index (κ1) is 9.99. The Balaban J connectivity index is 2.07. The van der Waals surface area contributed by atoms with Crippen LogP contribution in [0.5, 0.6) is 5.75 Å². The van der Waals surface area contributed by atoms with E-state index in [1.807, 2.05) is 12.1 Å². The highest BCUT2D eigenvalue weighted by Crippen LogP contribution is 2.05. The Labute approximate surface area is 79.1 Å². The van der Waals surface area contributed by atoms with E-state index in [0.29, 0.717) is 6.61 Å². The van der Waals surface area contributed by atoms with Gasteiger partial charge < -0.3 is 10.1 Å². The van der Waals surface area contributed by atoms with Crippen molar-refractivity contribution < 1.29 is 4.74 Å². The quantitative estimate of drug-likeness (QED) is 0.673. The zero-order valence-electron chi connectivity index (χ0n) is 7.99. The van der Waals surface area contributed by atoms with Crippen LogP contribution in [0.2, 0.25) is 0 Å². The fraction of sp³-hybridized carbons (Fsp3) is 0.500. The summed E-state index contributed by atoms with van der Waals surface area (Å²) >= 11 is 0. The summed E-state index contributed by atoms with van der Waals surface area (Å²) < 4.78 is 5.45. The lowest BCUT2D eigenvalue weighted by Gasteiger charge is -2.05. The molecule has 1 aromatic heterocycles. The molecule has 72 valence electrons. The summed E-state index contributed by atoms with van der Waals surface area (Å²) in [5.74, 6) is 0.883. The fourth-order valence-electron chi connectivity index (χ4n) is 0.977. The summed E-state index contributed by atoms with van der Waals surface area (Å²) in [5.41, 5.74) is 0. The maximum Gasteiger partial charge on any atom is 0.122 e. The van der Waals surface area contributed by atoms with Crippen molar-refractivity contribution in [1.29, 1.82) is 0 Å². The first-order chi connectivity index (χ1) is 6.43. The first-order valence-electron chi connectivity index (χ1n) is 4.67. The van der Waals surface area contributed by atoms with Gasteiger partial charge in [0, 0.05) is 18.9 Å². The molecule has 0 saturated heterocycles. The number of ether oxygens (including phenoxy) is 1. The van der Waals surface area contributed by atoms with Crippen molar-refractivity contribution in [3.05, 3.63) is 24.5 Å². The van der Waals surface area contributed by atoms with Crippen molar-refractivity contribution in [2.45, 2.75) is 13.3 Å². The smallest absolute Gasteiger partial charge is 0.122 e. The molecular weight excluding hydrogens is 164 g/mol. The van der Waals surface area contributed by atoms with Gasteiger partial charge in [0.25, 0.3) is 0 Å². The molecular formula is C10H16N2O. The molecule has 0 aliphatic carbocycles. The Bertz CT molecular complexity index is 213. The fourth-order valence-corrected chi connectivity index (χ4v) is 0.977. The van der Waals surface area contributed by atoms with E-state index in [9.17, 15) is 0 Å². The lowest BCUT2D eigenvalue weighted by molar-refractivity contribution is 0.314. The second-order valence-electron chi connectivity index (χ2n) is 2.78. The van der Waals surface area contributed by atoms with Crippen molar-refractivity contribution in [3.8, 4) is 5.75 Å². The van der Waals surface area contributed by atoms with Gasteiger partial charge in [-0.3, -0.25) is 4.98 Å². The Kier molecular flexibility index (Phi) is 4.94. The van der Waals surface area contributed by atoms with Gasteiger partial charge in [0.05, 0.1) is 0 Å².